The first-order chi connectivity index (χ1) is 16.2. The molecule has 6 nitrogen and oxygen atoms in total. The molecule has 1 atom stereocenters. The summed E-state index contributed by atoms with van der Waals surface area (Å²) >= 11 is 0. The minimum atomic E-state index is -0.285. The Morgan fingerprint density at radius 1 is 0.939 bits per heavy atom. The molecule has 0 aliphatic carbocycles. The SMILES string of the molecule is C[C@H](NCc1ccccn1)C(=O)NCc1ccc(CNCCc2c[nH]c3ccccc23)cc1. The van der Waals surface area contributed by atoms with Gasteiger partial charge in [0.2, 0.25) is 5.91 Å². The van der Waals surface area contributed by atoms with Gasteiger partial charge in [-0.05, 0) is 54.8 Å². The van der Waals surface area contributed by atoms with Gasteiger partial charge in [-0.25, -0.2) is 0 Å². The van der Waals surface area contributed by atoms with Crippen molar-refractivity contribution in [3.63, 3.8) is 0 Å². The lowest BCUT2D eigenvalue weighted by Crippen LogP contribution is -2.41. The van der Waals surface area contributed by atoms with Gasteiger partial charge in [-0.15, -0.1) is 0 Å². The number of carbonyl (C=O) groups is 1. The fourth-order valence-corrected chi connectivity index (χ4v) is 3.76. The van der Waals surface area contributed by atoms with Crippen LogP contribution in [0.25, 0.3) is 10.9 Å². The number of para-hydroxylation sites is 1. The summed E-state index contributed by atoms with van der Waals surface area (Å²) in [7, 11) is 0. The van der Waals surface area contributed by atoms with Gasteiger partial charge in [0, 0.05) is 42.9 Å². The van der Waals surface area contributed by atoms with Crippen LogP contribution in [0, 0.1) is 0 Å². The van der Waals surface area contributed by atoms with E-state index in [1.54, 1.807) is 6.20 Å². The predicted octanol–water partition coefficient (Wildman–Crippen LogP) is 3.69. The van der Waals surface area contributed by atoms with Crippen LogP contribution in [0.15, 0.2) is 79.1 Å². The minimum absolute atomic E-state index is 0.0195. The molecule has 2 aromatic heterocycles. The molecule has 0 aliphatic heterocycles. The van der Waals surface area contributed by atoms with Crippen LogP contribution in [0.5, 0.6) is 0 Å². The van der Waals surface area contributed by atoms with Gasteiger partial charge >= 0.3 is 0 Å². The van der Waals surface area contributed by atoms with Gasteiger partial charge < -0.3 is 20.9 Å². The van der Waals surface area contributed by atoms with E-state index in [0.29, 0.717) is 13.1 Å². The zero-order valence-electron chi connectivity index (χ0n) is 19.0. The van der Waals surface area contributed by atoms with E-state index in [0.717, 1.165) is 30.8 Å². The Balaban J connectivity index is 1.15. The molecule has 6 heteroatoms. The number of hydrogen-bond acceptors (Lipinski definition) is 4. The minimum Gasteiger partial charge on any atom is -0.361 e. The molecule has 2 heterocycles. The van der Waals surface area contributed by atoms with Gasteiger partial charge in [0.15, 0.2) is 0 Å². The quantitative estimate of drug-likeness (QED) is 0.268. The van der Waals surface area contributed by atoms with Crippen molar-refractivity contribution in [3.8, 4) is 0 Å². The van der Waals surface area contributed by atoms with Crippen molar-refractivity contribution in [2.45, 2.75) is 39.0 Å². The molecule has 0 unspecified atom stereocenters. The van der Waals surface area contributed by atoms with Crippen molar-refractivity contribution in [2.24, 2.45) is 0 Å². The van der Waals surface area contributed by atoms with E-state index in [-0.39, 0.29) is 11.9 Å². The zero-order valence-corrected chi connectivity index (χ0v) is 19.0. The second-order valence-electron chi connectivity index (χ2n) is 8.24. The molecule has 0 spiro atoms. The molecule has 0 aliphatic rings. The summed E-state index contributed by atoms with van der Waals surface area (Å²) in [4.78, 5) is 19.9. The maximum Gasteiger partial charge on any atom is 0.237 e. The molecule has 1 amide bonds. The molecule has 2 aromatic carbocycles. The Kier molecular flexibility index (Phi) is 7.85. The van der Waals surface area contributed by atoms with Gasteiger partial charge in [0.25, 0.3) is 0 Å². The summed E-state index contributed by atoms with van der Waals surface area (Å²) in [6, 6.07) is 22.3. The van der Waals surface area contributed by atoms with E-state index < -0.39 is 0 Å². The number of nitrogens with zero attached hydrogens (tertiary/aromatic N) is 1. The molecule has 4 aromatic rings. The Morgan fingerprint density at radius 2 is 1.70 bits per heavy atom. The summed E-state index contributed by atoms with van der Waals surface area (Å²) in [5.74, 6) is -0.0195. The third-order valence-corrected chi connectivity index (χ3v) is 5.77. The van der Waals surface area contributed by atoms with Crippen LogP contribution in [-0.2, 0) is 30.8 Å². The van der Waals surface area contributed by atoms with Crippen LogP contribution in [-0.4, -0.2) is 28.5 Å². The first-order valence-electron chi connectivity index (χ1n) is 11.4. The third-order valence-electron chi connectivity index (χ3n) is 5.77. The van der Waals surface area contributed by atoms with Crippen molar-refractivity contribution in [3.05, 3.63) is 102 Å². The molecule has 0 fully saturated rings. The van der Waals surface area contributed by atoms with Crippen LogP contribution < -0.4 is 16.0 Å². The number of pyridine rings is 1. The monoisotopic (exact) mass is 441 g/mol. The van der Waals surface area contributed by atoms with E-state index in [1.165, 1.54) is 22.0 Å². The highest BCUT2D eigenvalue weighted by Gasteiger charge is 2.12. The van der Waals surface area contributed by atoms with Crippen molar-refractivity contribution < 1.29 is 4.79 Å². The van der Waals surface area contributed by atoms with E-state index in [2.05, 4.69) is 80.6 Å². The van der Waals surface area contributed by atoms with Crippen LogP contribution in [0.2, 0.25) is 0 Å². The maximum atomic E-state index is 12.4. The number of H-pyrrole nitrogens is 1. The summed E-state index contributed by atoms with van der Waals surface area (Å²) in [6.07, 6.45) is 4.84. The summed E-state index contributed by atoms with van der Waals surface area (Å²) < 4.78 is 0. The molecule has 0 saturated heterocycles. The molecular weight excluding hydrogens is 410 g/mol. The van der Waals surface area contributed by atoms with Gasteiger partial charge in [0.1, 0.15) is 0 Å². The lowest BCUT2D eigenvalue weighted by atomic mass is 10.1. The number of hydrogen-bond donors (Lipinski definition) is 4. The molecule has 0 bridgehead atoms. The number of amides is 1. The molecular formula is C27H31N5O. The number of rotatable bonds is 11. The highest BCUT2D eigenvalue weighted by molar-refractivity contribution is 5.83. The smallest absolute Gasteiger partial charge is 0.237 e. The summed E-state index contributed by atoms with van der Waals surface area (Å²) in [6.45, 7) is 4.69. The molecule has 4 N–H and O–H groups in total. The summed E-state index contributed by atoms with van der Waals surface area (Å²) in [5, 5.41) is 11.0. The lowest BCUT2D eigenvalue weighted by Gasteiger charge is -2.14. The number of aromatic nitrogens is 2. The first-order valence-corrected chi connectivity index (χ1v) is 11.4. The fourth-order valence-electron chi connectivity index (χ4n) is 3.76. The Morgan fingerprint density at radius 3 is 2.48 bits per heavy atom. The standard InChI is InChI=1S/C27H31N5O/c1-20(30-19-24-6-4-5-14-29-24)27(33)32-17-22-11-9-21(10-12-22)16-28-15-13-23-18-31-26-8-3-2-7-25(23)26/h2-12,14,18,20,28,30-31H,13,15-17,19H2,1H3,(H,32,33)/t20-/m0/s1. The Hall–Kier alpha value is -3.48. The zero-order chi connectivity index (χ0) is 22.9. The second kappa shape index (κ2) is 11.4. The number of benzene rings is 2. The molecule has 0 saturated carbocycles. The van der Waals surface area contributed by atoms with Crippen LogP contribution in [0.4, 0.5) is 0 Å². The van der Waals surface area contributed by atoms with Crippen molar-refractivity contribution in [2.75, 3.05) is 6.54 Å². The molecule has 4 rings (SSSR count). The number of fused-ring (bicyclic) bond motifs is 1. The number of aromatic amines is 1. The van der Waals surface area contributed by atoms with E-state index >= 15 is 0 Å². The number of nitrogens with one attached hydrogen (secondary N) is 4. The van der Waals surface area contributed by atoms with E-state index in [9.17, 15) is 4.79 Å². The second-order valence-corrected chi connectivity index (χ2v) is 8.24. The van der Waals surface area contributed by atoms with Crippen molar-refractivity contribution in [1.82, 2.24) is 25.9 Å². The van der Waals surface area contributed by atoms with Gasteiger partial charge in [-0.1, -0.05) is 48.5 Å². The van der Waals surface area contributed by atoms with Gasteiger partial charge in [-0.2, -0.15) is 0 Å². The van der Waals surface area contributed by atoms with Crippen LogP contribution >= 0.6 is 0 Å². The highest BCUT2D eigenvalue weighted by Crippen LogP contribution is 2.17. The van der Waals surface area contributed by atoms with Crippen molar-refractivity contribution in [1.29, 1.82) is 0 Å². The Bertz CT molecular complexity index is 1150. The summed E-state index contributed by atoms with van der Waals surface area (Å²) in [5.41, 5.74) is 5.77. The van der Waals surface area contributed by atoms with Crippen LogP contribution in [0.1, 0.15) is 29.3 Å². The maximum absolute atomic E-state index is 12.4. The Labute approximate surface area is 194 Å². The predicted molar refractivity (Wildman–Crippen MR) is 133 cm³/mol. The first kappa shape index (κ1) is 22.7. The molecule has 33 heavy (non-hydrogen) atoms. The largest absolute Gasteiger partial charge is 0.361 e. The molecule has 0 radical (unpaired) electrons. The van der Waals surface area contributed by atoms with Crippen molar-refractivity contribution >= 4 is 16.8 Å². The topological polar surface area (TPSA) is 81.8 Å². The third kappa shape index (κ3) is 6.51. The van der Waals surface area contributed by atoms with Gasteiger partial charge in [-0.3, -0.25) is 9.78 Å². The average molecular weight is 442 g/mol. The number of carbonyl (C=O) groups excluding carboxylic acids is 1. The van der Waals surface area contributed by atoms with Gasteiger partial charge in [0.05, 0.1) is 11.7 Å². The van der Waals surface area contributed by atoms with Crippen LogP contribution in [0.3, 0.4) is 0 Å². The normalized spacial score (nSPS) is 12.0. The fraction of sp³-hybridized carbons (Fsp3) is 0.259. The highest BCUT2D eigenvalue weighted by atomic mass is 16.2. The molecule has 170 valence electrons. The lowest BCUT2D eigenvalue weighted by molar-refractivity contribution is -0.122. The average Bonchev–Trinajstić information content (AvgIpc) is 3.28. The van der Waals surface area contributed by atoms with E-state index in [1.807, 2.05) is 25.1 Å². The van der Waals surface area contributed by atoms with E-state index in [4.69, 9.17) is 0 Å².